The van der Waals surface area contributed by atoms with Crippen molar-refractivity contribution in [1.82, 2.24) is 0 Å². The third-order valence-electron chi connectivity index (χ3n) is 3.12. The Morgan fingerprint density at radius 1 is 1.11 bits per heavy atom. The van der Waals surface area contributed by atoms with Crippen LogP contribution in [0.3, 0.4) is 0 Å². The number of carbonyl (C=O) groups excluding carboxylic acids is 1. The molecule has 0 N–H and O–H groups in total. The molecular weight excluding hydrogens is 238 g/mol. The molecule has 94 valence electrons. The number of ether oxygens (including phenoxy) is 1. The van der Waals surface area contributed by atoms with E-state index in [0.717, 1.165) is 22.4 Å². The van der Waals surface area contributed by atoms with E-state index in [-0.39, 0.29) is 6.09 Å². The third kappa shape index (κ3) is 2.03. The average Bonchev–Trinajstić information content (AvgIpc) is 2.69. The molecule has 0 atom stereocenters. The molecule has 2 aromatic rings. The minimum Gasteiger partial charge on any atom is -0.365 e. The zero-order valence-corrected chi connectivity index (χ0v) is 10.9. The van der Waals surface area contributed by atoms with Gasteiger partial charge in [-0.25, -0.2) is 0 Å². The van der Waals surface area contributed by atoms with Crippen LogP contribution in [0.25, 0.3) is 0 Å². The molecule has 0 aromatic heterocycles. The van der Waals surface area contributed by atoms with Gasteiger partial charge in [0.15, 0.2) is 6.21 Å². The van der Waals surface area contributed by atoms with Gasteiger partial charge in [0.25, 0.3) is 5.69 Å². The van der Waals surface area contributed by atoms with Gasteiger partial charge < -0.3 is 4.74 Å². The van der Waals surface area contributed by atoms with Gasteiger partial charge in [0.2, 0.25) is 5.75 Å². The molecule has 1 aliphatic heterocycles. The monoisotopic (exact) mass is 252 g/mol. The number of nitrogens with zero attached hydrogens (tertiary/aromatic N) is 1. The van der Waals surface area contributed by atoms with Gasteiger partial charge >= 0.3 is 6.09 Å². The molecule has 19 heavy (non-hydrogen) atoms. The predicted octanol–water partition coefficient (Wildman–Crippen LogP) is 3.58. The molecule has 1 heterocycles. The fourth-order valence-electron chi connectivity index (χ4n) is 2.29. The minimum atomic E-state index is -0.354. The summed E-state index contributed by atoms with van der Waals surface area (Å²) in [6.07, 6.45) is 1.44. The Hall–Kier alpha value is -2.42. The molecule has 2 aromatic carbocycles. The molecule has 3 heteroatoms. The Morgan fingerprint density at radius 2 is 1.84 bits per heavy atom. The Kier molecular flexibility index (Phi) is 2.67. The van der Waals surface area contributed by atoms with Crippen LogP contribution < -0.4 is 4.74 Å². The number of rotatable bonds is 1. The SMILES string of the molecule is Cc1cc(C)c2c(c1)/[N+](=C\c1ccccc1)C(=O)O2. The van der Waals surface area contributed by atoms with E-state index in [2.05, 4.69) is 0 Å². The normalized spacial score (nSPS) is 15.5. The van der Waals surface area contributed by atoms with Gasteiger partial charge in [-0.1, -0.05) is 28.8 Å². The summed E-state index contributed by atoms with van der Waals surface area (Å²) in [6, 6.07) is 13.7. The quantitative estimate of drug-likeness (QED) is 0.726. The van der Waals surface area contributed by atoms with Gasteiger partial charge in [-0.15, -0.1) is 0 Å². The van der Waals surface area contributed by atoms with Crippen molar-refractivity contribution in [3.05, 3.63) is 59.2 Å². The summed E-state index contributed by atoms with van der Waals surface area (Å²) in [5.41, 5.74) is 3.87. The minimum absolute atomic E-state index is 0.354. The molecule has 0 fully saturated rings. The lowest BCUT2D eigenvalue weighted by atomic mass is 10.1. The van der Waals surface area contributed by atoms with Gasteiger partial charge in [-0.3, -0.25) is 0 Å². The first-order chi connectivity index (χ1) is 9.15. The van der Waals surface area contributed by atoms with Gasteiger partial charge in [0.1, 0.15) is 0 Å². The number of benzene rings is 2. The van der Waals surface area contributed by atoms with E-state index in [9.17, 15) is 4.79 Å². The van der Waals surface area contributed by atoms with Crippen LogP contribution in [0.4, 0.5) is 10.5 Å². The largest absolute Gasteiger partial charge is 0.608 e. The molecule has 0 spiro atoms. The smallest absolute Gasteiger partial charge is 0.365 e. The fraction of sp³-hybridized carbons (Fsp3) is 0.125. The zero-order valence-electron chi connectivity index (χ0n) is 10.9. The number of aryl methyl sites for hydroxylation is 2. The van der Waals surface area contributed by atoms with Crippen molar-refractivity contribution in [3.8, 4) is 5.75 Å². The molecule has 0 radical (unpaired) electrons. The number of amides is 1. The standard InChI is InChI=1S/C16H14NO2/c1-11-8-12(2)15-14(9-11)17(16(18)19-15)10-13-6-4-3-5-7-13/h3-10H,1-2H3/q+1/b17-10+. The van der Waals surface area contributed by atoms with E-state index in [0.29, 0.717) is 5.75 Å². The molecular formula is C16H14NO2+. The maximum atomic E-state index is 12.0. The number of hydrogen-bond donors (Lipinski definition) is 0. The van der Waals surface area contributed by atoms with Gasteiger partial charge in [0, 0.05) is 11.6 Å². The Bertz CT molecular complexity index is 687. The van der Waals surface area contributed by atoms with Crippen LogP contribution in [-0.4, -0.2) is 16.9 Å². The summed E-state index contributed by atoms with van der Waals surface area (Å²) in [5.74, 6) is 0.655. The zero-order chi connectivity index (χ0) is 13.4. The predicted molar refractivity (Wildman–Crippen MR) is 73.5 cm³/mol. The highest BCUT2D eigenvalue weighted by molar-refractivity contribution is 5.86. The average molecular weight is 252 g/mol. The first kappa shape index (κ1) is 11.7. The van der Waals surface area contributed by atoms with E-state index in [1.165, 1.54) is 0 Å². The lowest BCUT2D eigenvalue weighted by molar-refractivity contribution is -0.328. The molecule has 3 nitrogen and oxygen atoms in total. The first-order valence-electron chi connectivity index (χ1n) is 6.17. The van der Waals surface area contributed by atoms with E-state index in [1.807, 2.05) is 56.3 Å². The number of hydrogen-bond acceptors (Lipinski definition) is 2. The second-order valence-electron chi connectivity index (χ2n) is 4.71. The van der Waals surface area contributed by atoms with Crippen LogP contribution in [0, 0.1) is 13.8 Å². The Morgan fingerprint density at radius 3 is 2.58 bits per heavy atom. The summed E-state index contributed by atoms with van der Waals surface area (Å²) in [7, 11) is 0. The summed E-state index contributed by atoms with van der Waals surface area (Å²) >= 11 is 0. The topological polar surface area (TPSA) is 29.3 Å². The van der Waals surface area contributed by atoms with Crippen LogP contribution >= 0.6 is 0 Å². The third-order valence-corrected chi connectivity index (χ3v) is 3.12. The maximum absolute atomic E-state index is 12.0. The van der Waals surface area contributed by atoms with Crippen LogP contribution in [0.1, 0.15) is 16.7 Å². The van der Waals surface area contributed by atoms with Crippen LogP contribution in [-0.2, 0) is 0 Å². The van der Waals surface area contributed by atoms with Crippen molar-refractivity contribution in [2.24, 2.45) is 0 Å². The van der Waals surface area contributed by atoms with E-state index in [1.54, 1.807) is 10.8 Å². The molecule has 0 unspecified atom stereocenters. The van der Waals surface area contributed by atoms with E-state index < -0.39 is 0 Å². The van der Waals surface area contributed by atoms with Crippen molar-refractivity contribution in [3.63, 3.8) is 0 Å². The van der Waals surface area contributed by atoms with E-state index >= 15 is 0 Å². The van der Waals surface area contributed by atoms with E-state index in [4.69, 9.17) is 4.74 Å². The molecule has 0 saturated heterocycles. The van der Waals surface area contributed by atoms with Crippen molar-refractivity contribution in [1.29, 1.82) is 0 Å². The summed E-state index contributed by atoms with van der Waals surface area (Å²) in [5, 5.41) is 0. The molecule has 0 aliphatic carbocycles. The highest BCUT2D eigenvalue weighted by atomic mass is 16.6. The molecule has 3 rings (SSSR count). The highest BCUT2D eigenvalue weighted by Gasteiger charge is 2.37. The second kappa shape index (κ2) is 4.35. The van der Waals surface area contributed by atoms with Crippen LogP contribution in [0.15, 0.2) is 42.5 Å². The van der Waals surface area contributed by atoms with Crippen molar-refractivity contribution in [2.45, 2.75) is 13.8 Å². The van der Waals surface area contributed by atoms with Gasteiger partial charge in [-0.2, -0.15) is 4.79 Å². The molecule has 0 bridgehead atoms. The van der Waals surface area contributed by atoms with Gasteiger partial charge in [-0.05, 0) is 37.1 Å². The van der Waals surface area contributed by atoms with Gasteiger partial charge in [0.05, 0.1) is 0 Å². The highest BCUT2D eigenvalue weighted by Crippen LogP contribution is 2.37. The lowest BCUT2D eigenvalue weighted by Crippen LogP contribution is -2.14. The lowest BCUT2D eigenvalue weighted by Gasteiger charge is -1.97. The molecule has 1 amide bonds. The Labute approximate surface area is 111 Å². The Balaban J connectivity index is 2.16. The number of fused-ring (bicyclic) bond motifs is 1. The first-order valence-corrected chi connectivity index (χ1v) is 6.17. The summed E-state index contributed by atoms with van der Waals surface area (Å²) in [6.45, 7) is 3.96. The summed E-state index contributed by atoms with van der Waals surface area (Å²) in [4.78, 5) is 12.0. The summed E-state index contributed by atoms with van der Waals surface area (Å²) < 4.78 is 6.89. The van der Waals surface area contributed by atoms with Crippen LogP contribution in [0.2, 0.25) is 0 Å². The molecule has 1 aliphatic rings. The second-order valence-corrected chi connectivity index (χ2v) is 4.71. The van der Waals surface area contributed by atoms with Crippen LogP contribution in [0.5, 0.6) is 5.75 Å². The molecule has 0 saturated carbocycles. The maximum Gasteiger partial charge on any atom is 0.608 e. The fourth-order valence-corrected chi connectivity index (χ4v) is 2.29. The van der Waals surface area contributed by atoms with Crippen molar-refractivity contribution in [2.75, 3.05) is 0 Å². The number of carbonyl (C=O) groups is 1. The van der Waals surface area contributed by atoms with Crippen molar-refractivity contribution < 1.29 is 14.1 Å². The van der Waals surface area contributed by atoms with Crippen molar-refractivity contribution >= 4 is 18.0 Å².